The maximum atomic E-state index is 5.90. The summed E-state index contributed by atoms with van der Waals surface area (Å²) < 4.78 is 0. The van der Waals surface area contributed by atoms with Crippen LogP contribution in [0.3, 0.4) is 0 Å². The highest BCUT2D eigenvalue weighted by Crippen LogP contribution is 2.37. The van der Waals surface area contributed by atoms with Gasteiger partial charge in [0.05, 0.1) is 0 Å². The van der Waals surface area contributed by atoms with E-state index in [0.29, 0.717) is 11.5 Å². The van der Waals surface area contributed by atoms with Crippen molar-refractivity contribution in [3.8, 4) is 0 Å². The molecule has 0 heterocycles. The van der Waals surface area contributed by atoms with E-state index < -0.39 is 0 Å². The lowest BCUT2D eigenvalue weighted by Gasteiger charge is -2.37. The summed E-state index contributed by atoms with van der Waals surface area (Å²) in [7, 11) is 1.50. The first-order valence-corrected chi connectivity index (χ1v) is 4.83. The van der Waals surface area contributed by atoms with Gasteiger partial charge in [-0.05, 0) is 37.6 Å². The summed E-state index contributed by atoms with van der Waals surface area (Å²) in [4.78, 5) is 0. The van der Waals surface area contributed by atoms with Crippen LogP contribution in [-0.2, 0) is 0 Å². The minimum atomic E-state index is 0.457. The number of nitrogens with two attached hydrogens (primary N) is 2. The van der Waals surface area contributed by atoms with E-state index in [1.807, 2.05) is 0 Å². The van der Waals surface area contributed by atoms with Crippen LogP contribution in [0.1, 0.15) is 40.0 Å². The Bertz CT molecular complexity index is 109. The summed E-state index contributed by atoms with van der Waals surface area (Å²) in [6.07, 6.45) is 3.78. The largest absolute Gasteiger partial charge is 0.333 e. The summed E-state index contributed by atoms with van der Waals surface area (Å²) in [5, 5.41) is 0. The third-order valence-electron chi connectivity index (χ3n) is 2.42. The highest BCUT2D eigenvalue weighted by Gasteiger charge is 2.29. The second kappa shape index (κ2) is 4.83. The third kappa shape index (κ3) is 4.07. The zero-order valence-corrected chi connectivity index (χ0v) is 8.93. The summed E-state index contributed by atoms with van der Waals surface area (Å²) >= 11 is 0. The highest BCUT2D eigenvalue weighted by atomic mass is 14.7. The highest BCUT2D eigenvalue weighted by molar-refractivity contribution is 4.84. The fourth-order valence-corrected chi connectivity index (χ4v) is 2.42. The predicted octanol–water partition coefficient (Wildman–Crippen LogP) is 1.73. The second-order valence-electron chi connectivity index (χ2n) is 4.67. The normalized spacial score (nSPS) is 33.5. The van der Waals surface area contributed by atoms with E-state index in [4.69, 9.17) is 5.73 Å². The van der Waals surface area contributed by atoms with Crippen LogP contribution in [-0.4, -0.2) is 13.1 Å². The van der Waals surface area contributed by atoms with Gasteiger partial charge in [-0.2, -0.15) is 0 Å². The van der Waals surface area contributed by atoms with Crippen LogP contribution in [0.2, 0.25) is 0 Å². The molecule has 1 aliphatic rings. The van der Waals surface area contributed by atoms with Crippen LogP contribution in [0.4, 0.5) is 0 Å². The van der Waals surface area contributed by atoms with Gasteiger partial charge in [0.25, 0.3) is 0 Å². The quantitative estimate of drug-likeness (QED) is 0.584. The molecule has 2 unspecified atom stereocenters. The Labute approximate surface area is 76.7 Å². The molecule has 0 aliphatic heterocycles. The first-order valence-electron chi connectivity index (χ1n) is 4.83. The molecule has 0 aromatic rings. The minimum absolute atomic E-state index is 0.457. The first kappa shape index (κ1) is 11.9. The fourth-order valence-electron chi connectivity index (χ4n) is 2.42. The zero-order valence-electron chi connectivity index (χ0n) is 8.93. The Balaban J connectivity index is 0.000000561. The van der Waals surface area contributed by atoms with Crippen LogP contribution in [0.5, 0.6) is 0 Å². The molecule has 4 N–H and O–H groups in total. The average molecular weight is 172 g/mol. The molecule has 2 nitrogen and oxygen atoms in total. The maximum absolute atomic E-state index is 5.90. The number of hydrogen-bond acceptors (Lipinski definition) is 2. The molecule has 1 aliphatic carbocycles. The molecule has 0 saturated heterocycles. The third-order valence-corrected chi connectivity index (χ3v) is 2.42. The summed E-state index contributed by atoms with van der Waals surface area (Å²) in [5.41, 5.74) is 10.9. The molecule has 74 valence electrons. The van der Waals surface area contributed by atoms with Crippen molar-refractivity contribution in [3.05, 3.63) is 0 Å². The fraction of sp³-hybridized carbons (Fsp3) is 1.00. The lowest BCUT2D eigenvalue weighted by molar-refractivity contribution is 0.170. The van der Waals surface area contributed by atoms with Gasteiger partial charge in [0.2, 0.25) is 0 Å². The molecule has 0 spiro atoms. The van der Waals surface area contributed by atoms with Gasteiger partial charge >= 0.3 is 0 Å². The van der Waals surface area contributed by atoms with E-state index in [2.05, 4.69) is 26.5 Å². The van der Waals surface area contributed by atoms with Gasteiger partial charge in [-0.25, -0.2) is 0 Å². The van der Waals surface area contributed by atoms with Gasteiger partial charge in [0, 0.05) is 6.04 Å². The van der Waals surface area contributed by atoms with Crippen LogP contribution < -0.4 is 11.5 Å². The van der Waals surface area contributed by atoms with Crippen molar-refractivity contribution in [1.29, 1.82) is 0 Å². The molecular formula is C10H24N2. The molecule has 0 bridgehead atoms. The Kier molecular flexibility index (Phi) is 4.80. The molecular weight excluding hydrogens is 148 g/mol. The molecule has 12 heavy (non-hydrogen) atoms. The molecule has 0 aromatic carbocycles. The number of rotatable bonds is 0. The van der Waals surface area contributed by atoms with Crippen molar-refractivity contribution < 1.29 is 0 Å². The van der Waals surface area contributed by atoms with E-state index in [9.17, 15) is 0 Å². The van der Waals surface area contributed by atoms with Crippen LogP contribution in [0, 0.1) is 11.3 Å². The molecule has 1 saturated carbocycles. The van der Waals surface area contributed by atoms with E-state index in [0.717, 1.165) is 5.92 Å². The van der Waals surface area contributed by atoms with E-state index in [-0.39, 0.29) is 0 Å². The molecule has 2 heteroatoms. The second-order valence-corrected chi connectivity index (χ2v) is 4.67. The monoisotopic (exact) mass is 172 g/mol. The van der Waals surface area contributed by atoms with Crippen molar-refractivity contribution in [1.82, 2.24) is 0 Å². The average Bonchev–Trinajstić information content (AvgIpc) is 1.85. The van der Waals surface area contributed by atoms with Crippen LogP contribution in [0.25, 0.3) is 0 Å². The van der Waals surface area contributed by atoms with Gasteiger partial charge in [-0.1, -0.05) is 20.8 Å². The Morgan fingerprint density at radius 1 is 1.17 bits per heavy atom. The SMILES string of the molecule is CC1CC(N)CC(C)(C)C1.CN. The van der Waals surface area contributed by atoms with Crippen LogP contribution >= 0.6 is 0 Å². The maximum Gasteiger partial charge on any atom is 0.00464 e. The minimum Gasteiger partial charge on any atom is -0.333 e. The van der Waals surface area contributed by atoms with Gasteiger partial charge in [-0.3, -0.25) is 0 Å². The summed E-state index contributed by atoms with van der Waals surface area (Å²) in [5.74, 6) is 0.832. The smallest absolute Gasteiger partial charge is 0.00464 e. The van der Waals surface area contributed by atoms with Crippen molar-refractivity contribution in [2.24, 2.45) is 22.8 Å². The Morgan fingerprint density at radius 3 is 2.00 bits per heavy atom. The summed E-state index contributed by atoms with van der Waals surface area (Å²) in [6, 6.07) is 0.457. The number of hydrogen-bond donors (Lipinski definition) is 2. The molecule has 0 radical (unpaired) electrons. The molecule has 1 rings (SSSR count). The molecule has 2 atom stereocenters. The first-order chi connectivity index (χ1) is 5.49. The van der Waals surface area contributed by atoms with Crippen molar-refractivity contribution in [3.63, 3.8) is 0 Å². The zero-order chi connectivity index (χ0) is 9.78. The van der Waals surface area contributed by atoms with Crippen LogP contribution in [0.15, 0.2) is 0 Å². The molecule has 1 fully saturated rings. The molecule has 0 aromatic heterocycles. The topological polar surface area (TPSA) is 52.0 Å². The Morgan fingerprint density at radius 2 is 1.67 bits per heavy atom. The van der Waals surface area contributed by atoms with Crippen molar-refractivity contribution in [2.75, 3.05) is 7.05 Å². The standard InChI is InChI=1S/C9H19N.CH5N/c1-7-4-8(10)6-9(2,3)5-7;1-2/h7-8H,4-6,10H2,1-3H3;2H2,1H3. The van der Waals surface area contributed by atoms with E-state index >= 15 is 0 Å². The van der Waals surface area contributed by atoms with Gasteiger partial charge in [0.1, 0.15) is 0 Å². The van der Waals surface area contributed by atoms with E-state index in [1.54, 1.807) is 0 Å². The van der Waals surface area contributed by atoms with Gasteiger partial charge in [0.15, 0.2) is 0 Å². The lowest BCUT2D eigenvalue weighted by Crippen LogP contribution is -2.36. The molecule has 0 amide bonds. The van der Waals surface area contributed by atoms with Crippen molar-refractivity contribution in [2.45, 2.75) is 46.1 Å². The summed E-state index contributed by atoms with van der Waals surface area (Å²) in [6.45, 7) is 6.95. The predicted molar refractivity (Wildman–Crippen MR) is 54.9 cm³/mol. The van der Waals surface area contributed by atoms with Gasteiger partial charge < -0.3 is 11.5 Å². The lowest BCUT2D eigenvalue weighted by atomic mass is 9.71. The van der Waals surface area contributed by atoms with E-state index in [1.165, 1.54) is 26.3 Å². The van der Waals surface area contributed by atoms with Crippen molar-refractivity contribution >= 4 is 0 Å². The van der Waals surface area contributed by atoms with Gasteiger partial charge in [-0.15, -0.1) is 0 Å². The Hall–Kier alpha value is -0.0800.